The maximum absolute atomic E-state index is 7.51. The summed E-state index contributed by atoms with van der Waals surface area (Å²) in [6, 6.07) is 5.65. The Morgan fingerprint density at radius 1 is 1.35 bits per heavy atom. The lowest BCUT2D eigenvalue weighted by molar-refractivity contribution is 0.294. The van der Waals surface area contributed by atoms with Gasteiger partial charge in [-0.2, -0.15) is 0 Å². The van der Waals surface area contributed by atoms with Crippen LogP contribution < -0.4 is 15.2 Å². The van der Waals surface area contributed by atoms with Crippen molar-refractivity contribution in [2.75, 3.05) is 13.7 Å². The standard InChI is InChI=1S/C15H23BrN2O2/c1-15(2,14(17)18)8-4-5-9-20-13-7-6-11(19-3)10-12(13)16/h6-7,10H,4-5,8-9H2,1-3H3,(H3,17,18). The van der Waals surface area contributed by atoms with E-state index in [0.717, 1.165) is 35.2 Å². The molecule has 1 rings (SSSR count). The summed E-state index contributed by atoms with van der Waals surface area (Å²) in [5, 5.41) is 7.51. The topological polar surface area (TPSA) is 68.3 Å². The van der Waals surface area contributed by atoms with Gasteiger partial charge < -0.3 is 15.2 Å². The van der Waals surface area contributed by atoms with Gasteiger partial charge in [-0.3, -0.25) is 5.41 Å². The molecule has 0 aliphatic heterocycles. The molecule has 3 N–H and O–H groups in total. The second-order valence-electron chi connectivity index (χ2n) is 5.40. The Balaban J connectivity index is 2.33. The molecule has 0 heterocycles. The van der Waals surface area contributed by atoms with E-state index in [1.54, 1.807) is 7.11 Å². The van der Waals surface area contributed by atoms with Gasteiger partial charge in [0, 0.05) is 5.41 Å². The lowest BCUT2D eigenvalue weighted by Gasteiger charge is -2.22. The maximum Gasteiger partial charge on any atom is 0.133 e. The number of ether oxygens (including phenoxy) is 2. The molecule has 0 radical (unpaired) electrons. The quantitative estimate of drug-likeness (QED) is 0.426. The Bertz CT molecular complexity index is 461. The third kappa shape index (κ3) is 5.04. The summed E-state index contributed by atoms with van der Waals surface area (Å²) in [5.74, 6) is 1.86. The fourth-order valence-electron chi connectivity index (χ4n) is 1.71. The molecule has 0 atom stereocenters. The molecule has 0 saturated heterocycles. The highest BCUT2D eigenvalue weighted by molar-refractivity contribution is 9.10. The normalized spacial score (nSPS) is 11.2. The van der Waals surface area contributed by atoms with Crippen LogP contribution in [0.5, 0.6) is 11.5 Å². The maximum atomic E-state index is 7.51. The molecule has 0 aliphatic carbocycles. The summed E-state index contributed by atoms with van der Waals surface area (Å²) in [6.45, 7) is 4.64. The van der Waals surface area contributed by atoms with Gasteiger partial charge in [-0.25, -0.2) is 0 Å². The van der Waals surface area contributed by atoms with E-state index in [2.05, 4.69) is 15.9 Å². The molecule has 0 saturated carbocycles. The van der Waals surface area contributed by atoms with Crippen LogP contribution in [0.15, 0.2) is 22.7 Å². The molecule has 0 aliphatic rings. The minimum atomic E-state index is -0.222. The smallest absolute Gasteiger partial charge is 0.133 e. The van der Waals surface area contributed by atoms with Crippen molar-refractivity contribution < 1.29 is 9.47 Å². The van der Waals surface area contributed by atoms with Crippen LogP contribution >= 0.6 is 15.9 Å². The van der Waals surface area contributed by atoms with Gasteiger partial charge in [0.1, 0.15) is 11.5 Å². The Labute approximate surface area is 129 Å². The van der Waals surface area contributed by atoms with Crippen LogP contribution in [0, 0.1) is 10.8 Å². The van der Waals surface area contributed by atoms with Crippen molar-refractivity contribution in [2.45, 2.75) is 33.1 Å². The molecular formula is C15H23BrN2O2. The average molecular weight is 343 g/mol. The molecule has 20 heavy (non-hydrogen) atoms. The summed E-state index contributed by atoms with van der Waals surface area (Å²) in [7, 11) is 1.64. The molecule has 0 amide bonds. The van der Waals surface area contributed by atoms with Gasteiger partial charge in [-0.05, 0) is 53.4 Å². The van der Waals surface area contributed by atoms with E-state index in [1.165, 1.54) is 0 Å². The van der Waals surface area contributed by atoms with Crippen LogP contribution in [-0.2, 0) is 0 Å². The van der Waals surface area contributed by atoms with Gasteiger partial charge in [0.05, 0.1) is 24.0 Å². The lowest BCUT2D eigenvalue weighted by atomic mass is 9.86. The van der Waals surface area contributed by atoms with Crippen molar-refractivity contribution in [3.63, 3.8) is 0 Å². The number of hydrogen-bond acceptors (Lipinski definition) is 3. The van der Waals surface area contributed by atoms with Crippen LogP contribution in [0.25, 0.3) is 0 Å². The number of rotatable bonds is 8. The number of nitrogens with one attached hydrogen (secondary N) is 1. The van der Waals surface area contributed by atoms with E-state index in [-0.39, 0.29) is 11.3 Å². The summed E-state index contributed by atoms with van der Waals surface area (Å²) in [4.78, 5) is 0. The summed E-state index contributed by atoms with van der Waals surface area (Å²) < 4.78 is 11.7. The Hall–Kier alpha value is -1.23. The molecule has 112 valence electrons. The van der Waals surface area contributed by atoms with Crippen molar-refractivity contribution >= 4 is 21.8 Å². The Morgan fingerprint density at radius 2 is 2.05 bits per heavy atom. The molecule has 0 fully saturated rings. The van der Waals surface area contributed by atoms with Gasteiger partial charge >= 0.3 is 0 Å². The van der Waals surface area contributed by atoms with Crippen LogP contribution in [0.4, 0.5) is 0 Å². The molecular weight excluding hydrogens is 320 g/mol. The highest BCUT2D eigenvalue weighted by atomic mass is 79.9. The molecule has 5 heteroatoms. The molecule has 0 bridgehead atoms. The van der Waals surface area contributed by atoms with Gasteiger partial charge in [0.25, 0.3) is 0 Å². The number of methoxy groups -OCH3 is 1. The predicted molar refractivity (Wildman–Crippen MR) is 85.7 cm³/mol. The number of unbranched alkanes of at least 4 members (excludes halogenated alkanes) is 1. The fraction of sp³-hybridized carbons (Fsp3) is 0.533. The van der Waals surface area contributed by atoms with Crippen molar-refractivity contribution in [1.82, 2.24) is 0 Å². The van der Waals surface area contributed by atoms with Crippen molar-refractivity contribution in [3.05, 3.63) is 22.7 Å². The highest BCUT2D eigenvalue weighted by Crippen LogP contribution is 2.29. The first-order valence-corrected chi connectivity index (χ1v) is 7.47. The average Bonchev–Trinajstić information content (AvgIpc) is 2.39. The summed E-state index contributed by atoms with van der Waals surface area (Å²) >= 11 is 3.46. The largest absolute Gasteiger partial charge is 0.497 e. The van der Waals surface area contributed by atoms with E-state index in [9.17, 15) is 0 Å². The molecule has 4 nitrogen and oxygen atoms in total. The zero-order valence-corrected chi connectivity index (χ0v) is 13.9. The molecule has 0 unspecified atom stereocenters. The summed E-state index contributed by atoms with van der Waals surface area (Å²) in [6.07, 6.45) is 2.82. The SMILES string of the molecule is COc1ccc(OCCCCC(C)(C)C(=N)N)c(Br)c1. The number of halogens is 1. The number of hydrogen-bond donors (Lipinski definition) is 2. The molecule has 1 aromatic carbocycles. The lowest BCUT2D eigenvalue weighted by Crippen LogP contribution is -2.30. The van der Waals surface area contributed by atoms with Gasteiger partial charge in [0.2, 0.25) is 0 Å². The third-order valence-corrected chi connectivity index (χ3v) is 3.94. The minimum Gasteiger partial charge on any atom is -0.497 e. The van der Waals surface area contributed by atoms with Crippen LogP contribution in [0.1, 0.15) is 33.1 Å². The van der Waals surface area contributed by atoms with E-state index in [1.807, 2.05) is 32.0 Å². The molecule has 0 aromatic heterocycles. The first kappa shape index (κ1) is 16.8. The first-order valence-electron chi connectivity index (χ1n) is 6.67. The van der Waals surface area contributed by atoms with Gasteiger partial charge in [-0.1, -0.05) is 13.8 Å². The zero-order valence-electron chi connectivity index (χ0n) is 12.3. The first-order chi connectivity index (χ1) is 9.36. The van der Waals surface area contributed by atoms with Crippen molar-refractivity contribution in [3.8, 4) is 11.5 Å². The van der Waals surface area contributed by atoms with Crippen molar-refractivity contribution in [2.24, 2.45) is 11.1 Å². The van der Waals surface area contributed by atoms with E-state index in [4.69, 9.17) is 20.6 Å². The van der Waals surface area contributed by atoms with Crippen LogP contribution in [-0.4, -0.2) is 19.6 Å². The Kier molecular flexibility index (Phi) is 6.33. The summed E-state index contributed by atoms with van der Waals surface area (Å²) in [5.41, 5.74) is 5.34. The highest BCUT2D eigenvalue weighted by Gasteiger charge is 2.20. The second kappa shape index (κ2) is 7.53. The minimum absolute atomic E-state index is 0.222. The van der Waals surface area contributed by atoms with E-state index in [0.29, 0.717) is 6.61 Å². The van der Waals surface area contributed by atoms with Crippen LogP contribution in [0.3, 0.4) is 0 Å². The van der Waals surface area contributed by atoms with Gasteiger partial charge in [-0.15, -0.1) is 0 Å². The monoisotopic (exact) mass is 342 g/mol. The van der Waals surface area contributed by atoms with E-state index < -0.39 is 0 Å². The van der Waals surface area contributed by atoms with Crippen molar-refractivity contribution in [1.29, 1.82) is 5.41 Å². The van der Waals surface area contributed by atoms with Crippen LogP contribution in [0.2, 0.25) is 0 Å². The molecule has 0 spiro atoms. The predicted octanol–water partition coefficient (Wildman–Crippen LogP) is 3.97. The molecule has 1 aromatic rings. The Morgan fingerprint density at radius 3 is 2.60 bits per heavy atom. The van der Waals surface area contributed by atoms with E-state index >= 15 is 0 Å². The fourth-order valence-corrected chi connectivity index (χ4v) is 2.18. The number of benzene rings is 1. The zero-order chi connectivity index (χ0) is 15.2. The second-order valence-corrected chi connectivity index (χ2v) is 6.25. The van der Waals surface area contributed by atoms with Gasteiger partial charge in [0.15, 0.2) is 0 Å². The third-order valence-electron chi connectivity index (χ3n) is 3.32. The number of amidine groups is 1. The number of nitrogens with two attached hydrogens (primary N) is 1.